The van der Waals surface area contributed by atoms with Gasteiger partial charge in [-0.25, -0.2) is 0 Å². The van der Waals surface area contributed by atoms with E-state index in [2.05, 4.69) is 300 Å². The zero-order chi connectivity index (χ0) is 50.6. The monoisotopic (exact) mass is 994 g/mol. The molecule has 3 aliphatic carbocycles. The number of para-hydroxylation sites is 2. The average Bonchev–Trinajstić information content (AvgIpc) is 4.27. The maximum atomic E-state index is 2.53. The first kappa shape index (κ1) is 43.8. The fourth-order valence-corrected chi connectivity index (χ4v) is 18.9. The van der Waals surface area contributed by atoms with Crippen molar-refractivity contribution in [2.45, 2.75) is 11.8 Å². The molecule has 0 atom stereocenters. The SMILES string of the molecule is c1ccc(-c2cccc([Si](c3ccccc3)(c3cccc(-c4ccccc4)c3)c3cccc(-n4c5ccccc5c5cc(-n6c7ccccc7c7c8c(ccc76)C6c7ccccc7C8c7ccccc76)ccc54)c3)c2)cc1. The molecule has 0 saturated carbocycles. The molecule has 3 heteroatoms. The van der Waals surface area contributed by atoms with Crippen molar-refractivity contribution in [3.8, 4) is 33.6 Å². The molecule has 3 aliphatic rings. The van der Waals surface area contributed by atoms with Gasteiger partial charge in [-0.2, -0.15) is 0 Å². The normalized spacial score (nSPS) is 14.5. The summed E-state index contributed by atoms with van der Waals surface area (Å²) >= 11 is 0. The third kappa shape index (κ3) is 6.48. The first-order valence-electron chi connectivity index (χ1n) is 27.0. The molecule has 2 heterocycles. The van der Waals surface area contributed by atoms with E-state index in [1.807, 2.05) is 0 Å². The Labute approximate surface area is 449 Å². The van der Waals surface area contributed by atoms with Crippen LogP contribution in [0, 0.1) is 0 Å². The zero-order valence-electron chi connectivity index (χ0n) is 42.3. The fraction of sp³-hybridized carbons (Fsp3) is 0.0270. The van der Waals surface area contributed by atoms with Crippen LogP contribution in [0.2, 0.25) is 0 Å². The van der Waals surface area contributed by atoms with Gasteiger partial charge in [0.2, 0.25) is 0 Å². The lowest BCUT2D eigenvalue weighted by Crippen LogP contribution is -2.74. The molecule has 2 bridgehead atoms. The molecule has 2 aromatic heterocycles. The quantitative estimate of drug-likeness (QED) is 0.106. The lowest BCUT2D eigenvalue weighted by atomic mass is 9.60. The highest BCUT2D eigenvalue weighted by Crippen LogP contribution is 2.58. The fourth-order valence-electron chi connectivity index (χ4n) is 14.1. The van der Waals surface area contributed by atoms with Crippen molar-refractivity contribution in [1.82, 2.24) is 9.13 Å². The van der Waals surface area contributed by atoms with Gasteiger partial charge in [0.05, 0.1) is 22.1 Å². The van der Waals surface area contributed by atoms with E-state index >= 15 is 0 Å². The van der Waals surface area contributed by atoms with E-state index < -0.39 is 8.07 Å². The van der Waals surface area contributed by atoms with Crippen LogP contribution in [0.5, 0.6) is 0 Å². The van der Waals surface area contributed by atoms with Crippen LogP contribution in [-0.2, 0) is 0 Å². The molecular weight excluding hydrogens is 945 g/mol. The molecule has 12 aromatic carbocycles. The molecule has 0 amide bonds. The van der Waals surface area contributed by atoms with Crippen molar-refractivity contribution >= 4 is 72.4 Å². The number of hydrogen-bond donors (Lipinski definition) is 0. The van der Waals surface area contributed by atoms with E-state index in [4.69, 9.17) is 0 Å². The van der Waals surface area contributed by atoms with E-state index in [1.54, 1.807) is 0 Å². The Bertz CT molecular complexity index is 4510. The van der Waals surface area contributed by atoms with Crippen LogP contribution in [0.15, 0.2) is 291 Å². The summed E-state index contributed by atoms with van der Waals surface area (Å²) < 4.78 is 5.04. The van der Waals surface area contributed by atoms with E-state index in [0.29, 0.717) is 0 Å². The van der Waals surface area contributed by atoms with Gasteiger partial charge in [-0.15, -0.1) is 0 Å². The van der Waals surface area contributed by atoms with Crippen LogP contribution >= 0.6 is 0 Å². The summed E-state index contributed by atoms with van der Waals surface area (Å²) in [5.74, 6) is 0.389. The number of benzene rings is 12. The summed E-state index contributed by atoms with van der Waals surface area (Å²) in [6.45, 7) is 0. The minimum atomic E-state index is -3.08. The van der Waals surface area contributed by atoms with Crippen LogP contribution in [0.3, 0.4) is 0 Å². The minimum Gasteiger partial charge on any atom is -0.309 e. The predicted octanol–water partition coefficient (Wildman–Crippen LogP) is 15.6. The van der Waals surface area contributed by atoms with Crippen LogP contribution in [0.4, 0.5) is 0 Å². The average molecular weight is 995 g/mol. The van der Waals surface area contributed by atoms with Gasteiger partial charge in [-0.05, 0) is 125 Å². The smallest absolute Gasteiger partial charge is 0.179 e. The minimum absolute atomic E-state index is 0.172. The second kappa shape index (κ2) is 17.3. The van der Waals surface area contributed by atoms with E-state index in [9.17, 15) is 0 Å². The maximum absolute atomic E-state index is 3.08. The molecule has 360 valence electrons. The maximum Gasteiger partial charge on any atom is 0.179 e. The molecule has 0 radical (unpaired) electrons. The zero-order valence-corrected chi connectivity index (χ0v) is 43.3. The molecule has 0 fully saturated rings. The van der Waals surface area contributed by atoms with Crippen molar-refractivity contribution in [2.24, 2.45) is 0 Å². The number of nitrogens with zero attached hydrogens (tertiary/aromatic N) is 2. The van der Waals surface area contributed by atoms with Gasteiger partial charge < -0.3 is 9.13 Å². The van der Waals surface area contributed by atoms with Gasteiger partial charge in [0.25, 0.3) is 0 Å². The highest BCUT2D eigenvalue weighted by atomic mass is 28.3. The number of rotatable bonds is 8. The highest BCUT2D eigenvalue weighted by molar-refractivity contribution is 7.20. The Morgan fingerprint density at radius 1 is 0.247 bits per heavy atom. The standard InChI is InChI=1S/C74H50N2Si/c1-4-21-49(22-5-1)51-25-18-30-56(45-51)77(55-28-8-3-9-29-55,57-31-19-26-52(46-57)50-23-6-2-7-24-50)58-32-20-27-53(47-58)75-67-39-16-14-33-59(67)66-48-54(41-43-69(66)75)76-68-40-17-15-38-64(68)73-70(76)44-42-65-71-60-34-10-12-36-62(60)72(74(65)73)63-37-13-11-35-61(63)71/h1-48,71-72H. The van der Waals surface area contributed by atoms with Crippen molar-refractivity contribution in [2.75, 3.05) is 0 Å². The summed E-state index contributed by atoms with van der Waals surface area (Å²) in [5, 5.41) is 10.5. The Kier molecular flexibility index (Phi) is 9.82. The first-order valence-corrected chi connectivity index (χ1v) is 29.0. The molecule has 14 aromatic rings. The Morgan fingerprint density at radius 3 is 1.30 bits per heavy atom. The van der Waals surface area contributed by atoms with Crippen LogP contribution in [-0.4, -0.2) is 17.2 Å². The third-order valence-electron chi connectivity index (χ3n) is 17.2. The molecule has 0 spiro atoms. The Hall–Kier alpha value is -9.54. The molecule has 77 heavy (non-hydrogen) atoms. The van der Waals surface area contributed by atoms with Crippen LogP contribution in [0.25, 0.3) is 77.2 Å². The summed E-state index contributed by atoms with van der Waals surface area (Å²) in [5.41, 5.74) is 20.7. The molecule has 2 nitrogen and oxygen atoms in total. The highest BCUT2D eigenvalue weighted by Gasteiger charge is 2.44. The van der Waals surface area contributed by atoms with Crippen molar-refractivity contribution < 1.29 is 0 Å². The van der Waals surface area contributed by atoms with Crippen molar-refractivity contribution in [3.63, 3.8) is 0 Å². The third-order valence-corrected chi connectivity index (χ3v) is 21.9. The Balaban J connectivity index is 0.909. The summed E-state index contributed by atoms with van der Waals surface area (Å²) in [6, 6.07) is 110. The van der Waals surface area contributed by atoms with Crippen LogP contribution in [0.1, 0.15) is 45.2 Å². The van der Waals surface area contributed by atoms with Gasteiger partial charge in [-0.3, -0.25) is 0 Å². The molecule has 0 aliphatic heterocycles. The van der Waals surface area contributed by atoms with Gasteiger partial charge in [0.1, 0.15) is 0 Å². The van der Waals surface area contributed by atoms with E-state index in [1.165, 1.54) is 120 Å². The van der Waals surface area contributed by atoms with Gasteiger partial charge >= 0.3 is 0 Å². The second-order valence-electron chi connectivity index (χ2n) is 21.1. The molecule has 0 saturated heterocycles. The van der Waals surface area contributed by atoms with Crippen molar-refractivity contribution in [1.29, 1.82) is 0 Å². The largest absolute Gasteiger partial charge is 0.309 e. The lowest BCUT2D eigenvalue weighted by Gasteiger charge is -2.42. The molecule has 0 N–H and O–H groups in total. The van der Waals surface area contributed by atoms with Crippen molar-refractivity contribution in [3.05, 3.63) is 325 Å². The topological polar surface area (TPSA) is 9.86 Å². The molecular formula is C74H50N2Si. The Morgan fingerprint density at radius 2 is 0.675 bits per heavy atom. The second-order valence-corrected chi connectivity index (χ2v) is 24.9. The first-order chi connectivity index (χ1) is 38.2. The predicted molar refractivity (Wildman–Crippen MR) is 324 cm³/mol. The van der Waals surface area contributed by atoms with E-state index in [-0.39, 0.29) is 11.8 Å². The summed E-state index contributed by atoms with van der Waals surface area (Å²) in [6.07, 6.45) is 0. The molecule has 0 unspecified atom stereocenters. The van der Waals surface area contributed by atoms with E-state index in [0.717, 1.165) is 11.4 Å². The molecule has 17 rings (SSSR count). The van der Waals surface area contributed by atoms with Crippen LogP contribution < -0.4 is 20.7 Å². The van der Waals surface area contributed by atoms with Gasteiger partial charge in [0.15, 0.2) is 8.07 Å². The summed E-state index contributed by atoms with van der Waals surface area (Å²) in [7, 11) is -3.08. The van der Waals surface area contributed by atoms with Gasteiger partial charge in [-0.1, -0.05) is 243 Å². The lowest BCUT2D eigenvalue weighted by molar-refractivity contribution is 0.761. The number of aromatic nitrogens is 2. The van der Waals surface area contributed by atoms with Gasteiger partial charge in [0, 0.05) is 44.8 Å². The summed E-state index contributed by atoms with van der Waals surface area (Å²) in [4.78, 5) is 0. The number of fused-ring (bicyclic) bond motifs is 6. The number of hydrogen-bond acceptors (Lipinski definition) is 0.